The Morgan fingerprint density at radius 1 is 1.47 bits per heavy atom. The molecule has 0 aliphatic heterocycles. The highest BCUT2D eigenvalue weighted by Gasteiger charge is 2.02. The predicted octanol–water partition coefficient (Wildman–Crippen LogP) is 1.96. The van der Waals surface area contributed by atoms with Crippen LogP contribution in [0, 0.1) is 0 Å². The van der Waals surface area contributed by atoms with Gasteiger partial charge in [-0.1, -0.05) is 11.6 Å². The first-order chi connectivity index (χ1) is 7.31. The molecule has 0 spiro atoms. The predicted molar refractivity (Wildman–Crippen MR) is 55.4 cm³/mol. The molecule has 5 heteroatoms. The fourth-order valence-electron chi connectivity index (χ4n) is 1.28. The van der Waals surface area contributed by atoms with Crippen molar-refractivity contribution in [2.45, 2.75) is 6.61 Å². The van der Waals surface area contributed by atoms with Crippen LogP contribution in [0.2, 0.25) is 5.15 Å². The van der Waals surface area contributed by atoms with Crippen LogP contribution in [0.4, 0.5) is 0 Å². The quantitative estimate of drug-likeness (QED) is 0.589. The zero-order valence-corrected chi connectivity index (χ0v) is 8.44. The number of aromatic nitrogens is 2. The van der Waals surface area contributed by atoms with E-state index in [0.29, 0.717) is 17.1 Å². The average Bonchev–Trinajstić information content (AvgIpc) is 2.26. The lowest BCUT2D eigenvalue weighted by Crippen LogP contribution is -1.92. The van der Waals surface area contributed by atoms with E-state index in [4.69, 9.17) is 11.6 Å². The zero-order chi connectivity index (χ0) is 10.7. The second-order valence-electron chi connectivity index (χ2n) is 2.92. The maximum Gasteiger partial charge on any atom is 0.293 e. The first-order valence-electron chi connectivity index (χ1n) is 4.25. The smallest absolute Gasteiger partial charge is 0.293 e. The minimum atomic E-state index is 0.215. The third-order valence-corrected chi connectivity index (χ3v) is 2.21. The van der Waals surface area contributed by atoms with E-state index in [9.17, 15) is 4.79 Å². The van der Waals surface area contributed by atoms with Gasteiger partial charge < -0.3 is 4.74 Å². The minimum absolute atomic E-state index is 0.215. The number of fused-ring (bicyclic) bond motifs is 1. The summed E-state index contributed by atoms with van der Waals surface area (Å²) in [6.07, 6.45) is 3.22. The van der Waals surface area contributed by atoms with E-state index in [-0.39, 0.29) is 6.61 Å². The molecule has 2 rings (SSSR count). The van der Waals surface area contributed by atoms with Gasteiger partial charge in [0, 0.05) is 23.3 Å². The first kappa shape index (κ1) is 9.86. The number of carbonyl (C=O) groups excluding carboxylic acids is 1. The average molecular weight is 223 g/mol. The van der Waals surface area contributed by atoms with Gasteiger partial charge in [0.25, 0.3) is 6.47 Å². The van der Waals surface area contributed by atoms with Gasteiger partial charge in [-0.05, 0) is 12.1 Å². The first-order valence-corrected chi connectivity index (χ1v) is 4.63. The Morgan fingerprint density at radius 3 is 3.13 bits per heavy atom. The Morgan fingerprint density at radius 2 is 2.33 bits per heavy atom. The van der Waals surface area contributed by atoms with Crippen molar-refractivity contribution in [3.8, 4) is 0 Å². The molecule has 0 aromatic carbocycles. The van der Waals surface area contributed by atoms with Gasteiger partial charge in [0.15, 0.2) is 5.15 Å². The molecule has 76 valence electrons. The number of carbonyl (C=O) groups is 1. The van der Waals surface area contributed by atoms with Gasteiger partial charge >= 0.3 is 0 Å². The van der Waals surface area contributed by atoms with Crippen molar-refractivity contribution in [2.24, 2.45) is 0 Å². The van der Waals surface area contributed by atoms with Crippen molar-refractivity contribution in [3.05, 3.63) is 35.2 Å². The van der Waals surface area contributed by atoms with Crippen LogP contribution in [-0.4, -0.2) is 16.4 Å². The fraction of sp³-hybridized carbons (Fsp3) is 0.100. The van der Waals surface area contributed by atoms with Crippen LogP contribution in [0.15, 0.2) is 24.5 Å². The van der Waals surface area contributed by atoms with Crippen molar-refractivity contribution >= 4 is 29.0 Å². The monoisotopic (exact) mass is 222 g/mol. The number of nitrogens with zero attached hydrogens (tertiary/aromatic N) is 2. The third-order valence-electron chi connectivity index (χ3n) is 1.93. The van der Waals surface area contributed by atoms with Crippen molar-refractivity contribution in [2.75, 3.05) is 0 Å². The van der Waals surface area contributed by atoms with Crippen LogP contribution in [0.5, 0.6) is 0 Å². The van der Waals surface area contributed by atoms with Crippen molar-refractivity contribution in [1.29, 1.82) is 0 Å². The number of halogens is 1. The molecule has 2 aromatic heterocycles. The maximum absolute atomic E-state index is 10.0. The number of ether oxygens (including phenoxy) is 1. The van der Waals surface area contributed by atoms with Gasteiger partial charge in [-0.15, -0.1) is 0 Å². The van der Waals surface area contributed by atoms with Crippen LogP contribution in [-0.2, 0) is 16.1 Å². The van der Waals surface area contributed by atoms with Gasteiger partial charge in [0.05, 0.1) is 0 Å². The molecule has 0 unspecified atom stereocenters. The lowest BCUT2D eigenvalue weighted by Gasteiger charge is -2.02. The second kappa shape index (κ2) is 4.23. The standard InChI is InChI=1S/C10H7ClN2O2/c11-10-9-8(1-2-12-10)3-7(4-13-9)5-15-6-14/h1-4,6H,5H2. The van der Waals surface area contributed by atoms with Crippen LogP contribution in [0.25, 0.3) is 10.9 Å². The van der Waals surface area contributed by atoms with E-state index >= 15 is 0 Å². The van der Waals surface area contributed by atoms with Crippen molar-refractivity contribution < 1.29 is 9.53 Å². The molecule has 4 nitrogen and oxygen atoms in total. The topological polar surface area (TPSA) is 52.1 Å². The molecular weight excluding hydrogens is 216 g/mol. The van der Waals surface area contributed by atoms with E-state index in [0.717, 1.165) is 10.9 Å². The molecule has 0 radical (unpaired) electrons. The molecule has 0 bridgehead atoms. The van der Waals surface area contributed by atoms with Crippen molar-refractivity contribution in [1.82, 2.24) is 9.97 Å². The van der Waals surface area contributed by atoms with Crippen LogP contribution >= 0.6 is 11.6 Å². The van der Waals surface area contributed by atoms with Crippen LogP contribution in [0.1, 0.15) is 5.56 Å². The van der Waals surface area contributed by atoms with Crippen LogP contribution in [0.3, 0.4) is 0 Å². The van der Waals surface area contributed by atoms with Gasteiger partial charge in [0.2, 0.25) is 0 Å². The molecular formula is C10H7ClN2O2. The summed E-state index contributed by atoms with van der Waals surface area (Å²) < 4.78 is 4.63. The highest BCUT2D eigenvalue weighted by atomic mass is 35.5. The molecule has 0 aliphatic carbocycles. The van der Waals surface area contributed by atoms with Gasteiger partial charge in [-0.3, -0.25) is 9.78 Å². The number of hydrogen-bond acceptors (Lipinski definition) is 4. The summed E-state index contributed by atoms with van der Waals surface area (Å²) in [7, 11) is 0. The number of hydrogen-bond donors (Lipinski definition) is 0. The number of rotatable bonds is 3. The highest BCUT2D eigenvalue weighted by molar-refractivity contribution is 6.33. The van der Waals surface area contributed by atoms with E-state index < -0.39 is 0 Å². The summed E-state index contributed by atoms with van der Waals surface area (Å²) in [6, 6.07) is 3.66. The van der Waals surface area contributed by atoms with E-state index in [2.05, 4.69) is 14.7 Å². The summed E-state index contributed by atoms with van der Waals surface area (Å²) >= 11 is 5.85. The Labute approximate surface area is 90.9 Å². The Balaban J connectivity index is 2.43. The summed E-state index contributed by atoms with van der Waals surface area (Å²) in [4.78, 5) is 18.1. The molecule has 0 aliphatic rings. The maximum atomic E-state index is 10.0. The largest absolute Gasteiger partial charge is 0.463 e. The Bertz CT molecular complexity index is 502. The second-order valence-corrected chi connectivity index (χ2v) is 3.28. The summed E-state index contributed by atoms with van der Waals surface area (Å²) in [6.45, 7) is 0.621. The molecule has 0 fully saturated rings. The molecule has 0 atom stereocenters. The molecule has 0 amide bonds. The van der Waals surface area contributed by atoms with E-state index in [1.165, 1.54) is 0 Å². The summed E-state index contributed by atoms with van der Waals surface area (Å²) in [5.41, 5.74) is 1.46. The molecule has 2 heterocycles. The van der Waals surface area contributed by atoms with Crippen molar-refractivity contribution in [3.63, 3.8) is 0 Å². The molecule has 0 saturated carbocycles. The summed E-state index contributed by atoms with van der Waals surface area (Å²) in [5.74, 6) is 0. The molecule has 15 heavy (non-hydrogen) atoms. The molecule has 2 aromatic rings. The SMILES string of the molecule is O=COCc1cnc2c(Cl)nccc2c1. The molecule has 0 saturated heterocycles. The molecule has 0 N–H and O–H groups in total. The van der Waals surface area contributed by atoms with E-state index in [1.807, 2.05) is 6.07 Å². The normalized spacial score (nSPS) is 10.2. The Kier molecular flexibility index (Phi) is 2.78. The number of pyridine rings is 2. The van der Waals surface area contributed by atoms with E-state index in [1.54, 1.807) is 18.5 Å². The van der Waals surface area contributed by atoms with Crippen LogP contribution < -0.4 is 0 Å². The zero-order valence-electron chi connectivity index (χ0n) is 7.68. The highest BCUT2D eigenvalue weighted by Crippen LogP contribution is 2.19. The third kappa shape index (κ3) is 2.05. The fourth-order valence-corrected chi connectivity index (χ4v) is 1.49. The minimum Gasteiger partial charge on any atom is -0.463 e. The lowest BCUT2D eigenvalue weighted by molar-refractivity contribution is -0.129. The van der Waals surface area contributed by atoms with Gasteiger partial charge in [-0.2, -0.15) is 0 Å². The Hall–Kier alpha value is -1.68. The lowest BCUT2D eigenvalue weighted by atomic mass is 10.2. The van der Waals surface area contributed by atoms with Gasteiger partial charge in [0.1, 0.15) is 12.1 Å². The van der Waals surface area contributed by atoms with Gasteiger partial charge in [-0.25, -0.2) is 4.98 Å². The summed E-state index contributed by atoms with van der Waals surface area (Å²) in [5, 5.41) is 1.25.